The average Bonchev–Trinajstić information content (AvgIpc) is 3.72. The fourth-order valence-corrected chi connectivity index (χ4v) is 7.11. The van der Waals surface area contributed by atoms with Gasteiger partial charge in [0.15, 0.2) is 0 Å². The highest BCUT2D eigenvalue weighted by Crippen LogP contribution is 2.38. The number of aryl methyl sites for hydroxylation is 1. The number of nitrogens with one attached hydrogen (secondary N) is 1. The van der Waals surface area contributed by atoms with E-state index in [0.29, 0.717) is 39.1 Å². The van der Waals surface area contributed by atoms with Gasteiger partial charge in [0.1, 0.15) is 30.8 Å². The van der Waals surface area contributed by atoms with E-state index in [1.54, 1.807) is 24.4 Å². The Kier molecular flexibility index (Phi) is 11.8. The number of aliphatic hydroxyl groups excluding tert-OH is 1. The van der Waals surface area contributed by atoms with Crippen LogP contribution in [-0.4, -0.2) is 40.9 Å². The second-order valence-corrected chi connectivity index (χ2v) is 14.5. The molecule has 1 aromatic heterocycles. The smallest absolute Gasteiger partial charge is 0.311 e. The number of hydrogen-bond acceptors (Lipinski definition) is 7. The van der Waals surface area contributed by atoms with E-state index in [1.165, 1.54) is 41.8 Å². The number of nitriles is 1. The molecule has 0 amide bonds. The van der Waals surface area contributed by atoms with E-state index < -0.39 is 18.0 Å². The molecule has 0 aliphatic carbocycles. The van der Waals surface area contributed by atoms with Crippen LogP contribution < -0.4 is 14.8 Å². The monoisotopic (exact) mass is 729 g/mol. The summed E-state index contributed by atoms with van der Waals surface area (Å²) in [5, 5.41) is 32.7. The fourth-order valence-electron chi connectivity index (χ4n) is 6.87. The number of pyridine rings is 1. The zero-order chi connectivity index (χ0) is 37.5. The molecule has 1 aliphatic heterocycles. The molecule has 8 nitrogen and oxygen atoms in total. The molecule has 2 heterocycles. The van der Waals surface area contributed by atoms with Crippen molar-refractivity contribution in [2.24, 2.45) is 5.41 Å². The second kappa shape index (κ2) is 16.6. The summed E-state index contributed by atoms with van der Waals surface area (Å²) in [6, 6.07) is 28.9. The van der Waals surface area contributed by atoms with E-state index in [1.807, 2.05) is 12.1 Å². The minimum Gasteiger partial charge on any atom is -0.488 e. The molecular weight excluding hydrogens is 686 g/mol. The predicted molar refractivity (Wildman–Crippen MR) is 207 cm³/mol. The summed E-state index contributed by atoms with van der Waals surface area (Å²) >= 11 is 6.79. The van der Waals surface area contributed by atoms with Gasteiger partial charge in [-0.05, 0) is 115 Å². The second-order valence-electron chi connectivity index (χ2n) is 14.1. The Morgan fingerprint density at radius 1 is 0.943 bits per heavy atom. The summed E-state index contributed by atoms with van der Waals surface area (Å²) in [6.45, 7) is 7.77. The Hall–Kier alpha value is -5.20. The number of benzene rings is 4. The van der Waals surface area contributed by atoms with Crippen LogP contribution in [0.4, 0.5) is 0 Å². The lowest BCUT2D eigenvalue weighted by molar-refractivity contribution is -0.150. The van der Waals surface area contributed by atoms with Crippen molar-refractivity contribution in [3.05, 3.63) is 135 Å². The van der Waals surface area contributed by atoms with Crippen LogP contribution in [0.15, 0.2) is 91.3 Å². The van der Waals surface area contributed by atoms with Gasteiger partial charge >= 0.3 is 5.97 Å². The molecule has 0 saturated carbocycles. The van der Waals surface area contributed by atoms with Crippen LogP contribution >= 0.6 is 11.6 Å². The Balaban J connectivity index is 1.24. The largest absolute Gasteiger partial charge is 0.488 e. The van der Waals surface area contributed by atoms with Crippen molar-refractivity contribution in [2.75, 3.05) is 19.7 Å². The molecule has 5 aromatic rings. The molecule has 53 heavy (non-hydrogen) atoms. The van der Waals surface area contributed by atoms with Gasteiger partial charge in [-0.1, -0.05) is 72.3 Å². The first-order chi connectivity index (χ1) is 25.6. The van der Waals surface area contributed by atoms with Gasteiger partial charge < -0.3 is 25.0 Å². The van der Waals surface area contributed by atoms with Gasteiger partial charge in [0, 0.05) is 30.6 Å². The van der Waals surface area contributed by atoms with Crippen molar-refractivity contribution < 1.29 is 24.5 Å². The fraction of sp³-hybridized carbons (Fsp3) is 0.295. The van der Waals surface area contributed by atoms with Gasteiger partial charge in [-0.15, -0.1) is 0 Å². The van der Waals surface area contributed by atoms with E-state index in [-0.39, 0.29) is 26.1 Å². The molecule has 1 fully saturated rings. The Bertz CT molecular complexity index is 2140. The van der Waals surface area contributed by atoms with Crippen LogP contribution in [-0.2, 0) is 24.4 Å². The van der Waals surface area contributed by atoms with Crippen molar-refractivity contribution in [3.8, 4) is 39.8 Å². The highest BCUT2D eigenvalue weighted by molar-refractivity contribution is 6.32. The van der Waals surface area contributed by atoms with E-state index >= 15 is 0 Å². The Morgan fingerprint density at radius 3 is 2.36 bits per heavy atom. The third kappa shape index (κ3) is 8.55. The van der Waals surface area contributed by atoms with Crippen LogP contribution in [0.1, 0.15) is 64.6 Å². The Morgan fingerprint density at radius 2 is 1.66 bits per heavy atom. The maximum Gasteiger partial charge on any atom is 0.311 e. The van der Waals surface area contributed by atoms with Crippen LogP contribution in [0.5, 0.6) is 11.5 Å². The summed E-state index contributed by atoms with van der Waals surface area (Å²) in [4.78, 5) is 16.0. The van der Waals surface area contributed by atoms with Crippen LogP contribution in [0.3, 0.4) is 0 Å². The molecule has 0 radical (unpaired) electrons. The molecule has 272 valence electrons. The summed E-state index contributed by atoms with van der Waals surface area (Å²) in [5.74, 6) is 0.368. The molecule has 1 unspecified atom stereocenters. The standard InChI is InChI=1S/C44H44ClN3O5/c1-28-36(6-4-8-38(28)39-9-5-7-37(29(39)2)33-12-10-32(11-13-33)35-15-17-47-24-35)26-53-42-20-41(52-25-31-18-30(21-46)22-48-23-31)34(19-40(42)45)14-16-44(3,27-49)43(50)51/h4-13,18-20,22-23,35,47,49H,14-17,24-27H2,1-3H3,(H,50,51)/t35?,44-/m0/s1. The highest BCUT2D eigenvalue weighted by Gasteiger charge is 2.32. The molecule has 1 aliphatic rings. The average molecular weight is 730 g/mol. The van der Waals surface area contributed by atoms with E-state index in [2.05, 4.69) is 78.7 Å². The zero-order valence-electron chi connectivity index (χ0n) is 30.3. The number of rotatable bonds is 14. The zero-order valence-corrected chi connectivity index (χ0v) is 31.0. The van der Waals surface area contributed by atoms with Crippen molar-refractivity contribution in [2.45, 2.75) is 59.2 Å². The predicted octanol–water partition coefficient (Wildman–Crippen LogP) is 8.81. The Labute approximate surface area is 316 Å². The number of carboxylic acid groups (broad SMARTS) is 1. The molecule has 0 spiro atoms. The quantitative estimate of drug-likeness (QED) is 0.104. The molecular formula is C44H44ClN3O5. The third-order valence-electron chi connectivity index (χ3n) is 10.5. The number of aliphatic hydroxyl groups is 1. The number of halogens is 1. The van der Waals surface area contributed by atoms with Gasteiger partial charge in [-0.2, -0.15) is 5.26 Å². The van der Waals surface area contributed by atoms with Gasteiger partial charge in [-0.25, -0.2) is 0 Å². The van der Waals surface area contributed by atoms with Gasteiger partial charge in [0.25, 0.3) is 0 Å². The lowest BCUT2D eigenvalue weighted by Gasteiger charge is -2.23. The lowest BCUT2D eigenvalue weighted by Crippen LogP contribution is -2.32. The van der Waals surface area contributed by atoms with Crippen LogP contribution in [0.2, 0.25) is 5.02 Å². The van der Waals surface area contributed by atoms with Crippen molar-refractivity contribution in [1.29, 1.82) is 5.26 Å². The van der Waals surface area contributed by atoms with Crippen LogP contribution in [0.25, 0.3) is 22.3 Å². The van der Waals surface area contributed by atoms with Crippen LogP contribution in [0, 0.1) is 30.6 Å². The first-order valence-electron chi connectivity index (χ1n) is 17.9. The van der Waals surface area contributed by atoms with Crippen molar-refractivity contribution in [1.82, 2.24) is 10.3 Å². The number of carboxylic acids is 1. The van der Waals surface area contributed by atoms with Gasteiger partial charge in [0.05, 0.1) is 22.6 Å². The maximum absolute atomic E-state index is 11.9. The minimum absolute atomic E-state index is 0.120. The number of aromatic nitrogens is 1. The molecule has 2 atom stereocenters. The first-order valence-corrected chi connectivity index (χ1v) is 18.2. The van der Waals surface area contributed by atoms with E-state index in [9.17, 15) is 20.3 Å². The highest BCUT2D eigenvalue weighted by atomic mass is 35.5. The van der Waals surface area contributed by atoms with Gasteiger partial charge in [0.2, 0.25) is 0 Å². The SMILES string of the molecule is Cc1c(COc2cc(OCc3cncc(C#N)c3)c(CC[C@@](C)(CO)C(=O)O)cc2Cl)cccc1-c1cccc(-c2ccc(C3CCNC3)cc2)c1C. The minimum atomic E-state index is -1.33. The maximum atomic E-state index is 11.9. The summed E-state index contributed by atoms with van der Waals surface area (Å²) in [6.07, 6.45) is 4.73. The number of ether oxygens (including phenoxy) is 2. The molecule has 3 N–H and O–H groups in total. The number of aliphatic carboxylic acids is 1. The molecule has 4 aromatic carbocycles. The van der Waals surface area contributed by atoms with Crippen molar-refractivity contribution >= 4 is 17.6 Å². The summed E-state index contributed by atoms with van der Waals surface area (Å²) in [7, 11) is 0. The van der Waals surface area contributed by atoms with E-state index in [0.717, 1.165) is 35.3 Å². The van der Waals surface area contributed by atoms with E-state index in [4.69, 9.17) is 21.1 Å². The lowest BCUT2D eigenvalue weighted by atomic mass is 9.85. The molecule has 6 rings (SSSR count). The molecule has 9 heteroatoms. The normalized spacial score (nSPS) is 15.1. The summed E-state index contributed by atoms with van der Waals surface area (Å²) in [5.41, 5.74) is 9.84. The first kappa shape index (κ1) is 37.6. The molecule has 0 bridgehead atoms. The summed E-state index contributed by atoms with van der Waals surface area (Å²) < 4.78 is 12.6. The molecule has 1 saturated heterocycles. The van der Waals surface area contributed by atoms with Gasteiger partial charge in [-0.3, -0.25) is 9.78 Å². The van der Waals surface area contributed by atoms with Crippen molar-refractivity contribution in [3.63, 3.8) is 0 Å². The number of hydrogen-bond donors (Lipinski definition) is 3. The number of carbonyl (C=O) groups is 1. The topological polar surface area (TPSA) is 125 Å². The number of nitrogens with zero attached hydrogens (tertiary/aromatic N) is 2. The third-order valence-corrected chi connectivity index (χ3v) is 10.7.